The van der Waals surface area contributed by atoms with Crippen LogP contribution >= 0.6 is 0 Å². The molecular formula is C16H12N5+. The average Bonchev–Trinajstić information content (AvgIpc) is 2.54. The molecule has 5 heteroatoms. The largest absolute Gasteiger partial charge is 0.309 e. The standard InChI is InChI=1S/C16H11N5/c1-12-7-15(8-17,9-18)16(10-19,11-20)14(21-12)13-5-3-2-4-6-13/h2-7,14,21H,1H3/p+1/t14-/m1/s1. The molecule has 0 aliphatic carbocycles. The van der Waals surface area contributed by atoms with Crippen molar-refractivity contribution in [2.24, 2.45) is 10.8 Å². The molecule has 100 valence electrons. The summed E-state index contributed by atoms with van der Waals surface area (Å²) in [4.78, 5) is 0. The molecule has 5 nitrogen and oxygen atoms in total. The number of allylic oxidation sites excluding steroid dienone is 2. The third kappa shape index (κ3) is 1.86. The molecule has 1 aromatic rings. The van der Waals surface area contributed by atoms with Gasteiger partial charge in [-0.05, 0) is 0 Å². The molecule has 0 unspecified atom stereocenters. The summed E-state index contributed by atoms with van der Waals surface area (Å²) in [6.45, 7) is 1.76. The fourth-order valence-electron chi connectivity index (χ4n) is 2.75. The van der Waals surface area contributed by atoms with Crippen LogP contribution in [0.1, 0.15) is 18.5 Å². The van der Waals surface area contributed by atoms with Crippen molar-refractivity contribution in [3.8, 4) is 24.3 Å². The predicted molar refractivity (Wildman–Crippen MR) is 72.2 cm³/mol. The summed E-state index contributed by atoms with van der Waals surface area (Å²) in [6.07, 6.45) is 1.42. The molecule has 1 aliphatic heterocycles. The van der Waals surface area contributed by atoms with Gasteiger partial charge < -0.3 is 5.32 Å². The molecule has 0 saturated carbocycles. The fraction of sp³-hybridized carbons (Fsp3) is 0.250. The van der Waals surface area contributed by atoms with E-state index >= 15 is 0 Å². The van der Waals surface area contributed by atoms with Crippen LogP contribution in [0.25, 0.3) is 0 Å². The normalized spacial score (nSPS) is 21.8. The van der Waals surface area contributed by atoms with Gasteiger partial charge >= 0.3 is 0 Å². The van der Waals surface area contributed by atoms with Gasteiger partial charge in [0, 0.05) is 18.6 Å². The molecule has 2 N–H and O–H groups in total. The van der Waals surface area contributed by atoms with Gasteiger partial charge in [0.1, 0.15) is 5.70 Å². The van der Waals surface area contributed by atoms with Gasteiger partial charge in [0.15, 0.2) is 6.04 Å². The van der Waals surface area contributed by atoms with Crippen LogP contribution in [0.5, 0.6) is 0 Å². The molecule has 1 heterocycles. The van der Waals surface area contributed by atoms with E-state index in [-0.39, 0.29) is 0 Å². The first-order valence-corrected chi connectivity index (χ1v) is 6.33. The van der Waals surface area contributed by atoms with E-state index in [0.717, 1.165) is 5.56 Å². The van der Waals surface area contributed by atoms with E-state index in [9.17, 15) is 21.0 Å². The minimum atomic E-state index is -1.78. The van der Waals surface area contributed by atoms with Gasteiger partial charge in [-0.3, -0.25) is 0 Å². The Labute approximate surface area is 123 Å². The Balaban J connectivity index is 2.78. The van der Waals surface area contributed by atoms with E-state index in [1.54, 1.807) is 36.5 Å². The van der Waals surface area contributed by atoms with Gasteiger partial charge in [0.05, 0.1) is 24.3 Å². The Kier molecular flexibility index (Phi) is 3.47. The number of quaternary nitrogens is 1. The first-order valence-electron chi connectivity index (χ1n) is 6.33. The van der Waals surface area contributed by atoms with Crippen LogP contribution < -0.4 is 5.32 Å². The van der Waals surface area contributed by atoms with Crippen molar-refractivity contribution in [3.05, 3.63) is 47.7 Å². The third-order valence-electron chi connectivity index (χ3n) is 3.83. The van der Waals surface area contributed by atoms with Crippen LogP contribution in [0.4, 0.5) is 0 Å². The van der Waals surface area contributed by atoms with Crippen molar-refractivity contribution in [3.63, 3.8) is 0 Å². The Morgan fingerprint density at radius 2 is 1.52 bits per heavy atom. The maximum Gasteiger partial charge on any atom is 0.234 e. The molecule has 0 spiro atoms. The zero-order chi connectivity index (χ0) is 15.5. The Morgan fingerprint density at radius 3 is 2.00 bits per heavy atom. The monoisotopic (exact) mass is 274 g/mol. The molecule has 0 fully saturated rings. The van der Waals surface area contributed by atoms with Crippen molar-refractivity contribution in [1.29, 1.82) is 21.0 Å². The van der Waals surface area contributed by atoms with E-state index < -0.39 is 16.9 Å². The number of hydrogen-bond acceptors (Lipinski definition) is 4. The number of hydrogen-bond donors (Lipinski definition) is 1. The molecule has 1 aromatic carbocycles. The first kappa shape index (κ1) is 14.3. The van der Waals surface area contributed by atoms with Crippen molar-refractivity contribution in [1.82, 2.24) is 0 Å². The summed E-state index contributed by atoms with van der Waals surface area (Å²) in [7, 11) is 0. The molecule has 0 saturated heterocycles. The summed E-state index contributed by atoms with van der Waals surface area (Å²) < 4.78 is 0. The molecular weight excluding hydrogens is 262 g/mol. The molecule has 1 atom stereocenters. The van der Waals surface area contributed by atoms with Crippen LogP contribution in [-0.4, -0.2) is 0 Å². The third-order valence-corrected chi connectivity index (χ3v) is 3.83. The van der Waals surface area contributed by atoms with E-state index in [2.05, 4.69) is 0 Å². The van der Waals surface area contributed by atoms with Crippen molar-refractivity contribution >= 4 is 0 Å². The van der Waals surface area contributed by atoms with Crippen LogP contribution in [0.2, 0.25) is 0 Å². The Hall–Kier alpha value is -3.12. The number of rotatable bonds is 1. The minimum absolute atomic E-state index is 0.627. The second-order valence-corrected chi connectivity index (χ2v) is 5.01. The highest BCUT2D eigenvalue weighted by atomic mass is 15.0. The molecule has 2 rings (SSSR count). The van der Waals surface area contributed by atoms with Crippen molar-refractivity contribution < 1.29 is 5.32 Å². The summed E-state index contributed by atoms with van der Waals surface area (Å²) >= 11 is 0. The summed E-state index contributed by atoms with van der Waals surface area (Å²) in [6, 6.07) is 16.1. The average molecular weight is 274 g/mol. The Morgan fingerprint density at radius 1 is 0.952 bits per heavy atom. The van der Waals surface area contributed by atoms with E-state index in [0.29, 0.717) is 5.70 Å². The fourth-order valence-corrected chi connectivity index (χ4v) is 2.75. The second-order valence-electron chi connectivity index (χ2n) is 5.01. The lowest BCUT2D eigenvalue weighted by molar-refractivity contribution is -0.668. The smallest absolute Gasteiger partial charge is 0.234 e. The lowest BCUT2D eigenvalue weighted by atomic mass is 9.59. The highest BCUT2D eigenvalue weighted by Crippen LogP contribution is 2.48. The Bertz CT molecular complexity index is 721. The lowest BCUT2D eigenvalue weighted by Gasteiger charge is -2.37. The van der Waals surface area contributed by atoms with Gasteiger partial charge in [0.25, 0.3) is 0 Å². The summed E-state index contributed by atoms with van der Waals surface area (Å²) in [5.41, 5.74) is -2.09. The zero-order valence-corrected chi connectivity index (χ0v) is 11.4. The molecule has 0 radical (unpaired) electrons. The maximum atomic E-state index is 9.63. The van der Waals surface area contributed by atoms with Crippen LogP contribution in [-0.2, 0) is 0 Å². The van der Waals surface area contributed by atoms with E-state index in [1.165, 1.54) is 6.08 Å². The molecule has 1 aliphatic rings. The van der Waals surface area contributed by atoms with Crippen LogP contribution in [0.3, 0.4) is 0 Å². The maximum absolute atomic E-state index is 9.63. The van der Waals surface area contributed by atoms with Crippen molar-refractivity contribution in [2.45, 2.75) is 13.0 Å². The van der Waals surface area contributed by atoms with Gasteiger partial charge in [-0.25, -0.2) is 0 Å². The van der Waals surface area contributed by atoms with Gasteiger partial charge in [-0.2, -0.15) is 21.0 Å². The van der Waals surface area contributed by atoms with E-state index in [1.807, 2.05) is 30.3 Å². The first-order chi connectivity index (χ1) is 10.1. The predicted octanol–water partition coefficient (Wildman–Crippen LogP) is 1.28. The molecule has 0 bridgehead atoms. The molecule has 0 amide bonds. The summed E-state index contributed by atoms with van der Waals surface area (Å²) in [5, 5.41) is 40.0. The lowest BCUT2D eigenvalue weighted by Crippen LogP contribution is -2.88. The SMILES string of the molecule is CC1=CC(C#N)(C#N)C(C#N)(C#N)[C@@H](c2ccccc2)[NH2+]1. The molecule has 0 aromatic heterocycles. The summed E-state index contributed by atoms with van der Waals surface area (Å²) in [5.74, 6) is 0. The van der Waals surface area contributed by atoms with Gasteiger partial charge in [-0.1, -0.05) is 30.3 Å². The number of nitriles is 4. The number of nitrogens with zero attached hydrogens (tertiary/aromatic N) is 4. The number of benzene rings is 1. The topological polar surface area (TPSA) is 112 Å². The highest BCUT2D eigenvalue weighted by molar-refractivity contribution is 5.45. The van der Waals surface area contributed by atoms with Crippen molar-refractivity contribution in [2.75, 3.05) is 0 Å². The zero-order valence-electron chi connectivity index (χ0n) is 11.4. The van der Waals surface area contributed by atoms with Crippen LogP contribution in [0, 0.1) is 56.2 Å². The van der Waals surface area contributed by atoms with E-state index in [4.69, 9.17) is 0 Å². The van der Waals surface area contributed by atoms with Gasteiger partial charge in [0.2, 0.25) is 10.8 Å². The minimum Gasteiger partial charge on any atom is -0.309 e. The highest BCUT2D eigenvalue weighted by Gasteiger charge is 2.63. The van der Waals surface area contributed by atoms with Gasteiger partial charge in [-0.15, -0.1) is 0 Å². The molecule has 21 heavy (non-hydrogen) atoms. The van der Waals surface area contributed by atoms with Crippen LogP contribution in [0.15, 0.2) is 42.1 Å². The number of nitrogens with two attached hydrogens (primary N) is 1. The second kappa shape index (κ2) is 5.10. The quantitative estimate of drug-likeness (QED) is 0.831.